The summed E-state index contributed by atoms with van der Waals surface area (Å²) < 4.78 is 0. The number of phenolic OH excluding ortho intramolecular Hbond substituents is 1. The van der Waals surface area contributed by atoms with Crippen LogP contribution in [0, 0.1) is 0 Å². The maximum atomic E-state index is 9.32. The molecule has 1 aromatic carbocycles. The van der Waals surface area contributed by atoms with Crippen LogP contribution in [0.25, 0.3) is 20.9 Å². The Balaban J connectivity index is 2.93. The Hall–Kier alpha value is -2.36. The summed E-state index contributed by atoms with van der Waals surface area (Å²) >= 11 is 0. The van der Waals surface area contributed by atoms with Gasteiger partial charge in [-0.05, 0) is 34.3 Å². The average Bonchev–Trinajstić information content (AvgIpc) is 2.23. The number of rotatable bonds is 4. The van der Waals surface area contributed by atoms with Crippen molar-refractivity contribution in [3.05, 3.63) is 50.2 Å². The van der Waals surface area contributed by atoms with Crippen LogP contribution in [0.15, 0.2) is 28.4 Å². The minimum atomic E-state index is 0.0591. The minimum Gasteiger partial charge on any atom is -0.508 e. The highest BCUT2D eigenvalue weighted by Gasteiger charge is 1.98. The Morgan fingerprint density at radius 3 is 1.87 bits per heavy atom. The number of phenols is 1. The second-order valence-electron chi connectivity index (χ2n) is 2.79. The van der Waals surface area contributed by atoms with Crippen molar-refractivity contribution in [1.29, 1.82) is 0 Å². The predicted octanol–water partition coefficient (Wildman–Crippen LogP) is 3.01. The number of hydrogen-bond acceptors (Lipinski definition) is 3. The van der Waals surface area contributed by atoms with Crippen molar-refractivity contribution >= 4 is 0 Å². The van der Waals surface area contributed by atoms with Gasteiger partial charge in [-0.15, -0.1) is 0 Å². The third-order valence-corrected chi connectivity index (χ3v) is 1.67. The second-order valence-corrected chi connectivity index (χ2v) is 2.79. The topological polar surface area (TPSA) is 118 Å². The number of benzene rings is 1. The molecule has 0 fully saturated rings. The Morgan fingerprint density at radius 1 is 1.00 bits per heavy atom. The van der Waals surface area contributed by atoms with E-state index in [4.69, 9.17) is 11.1 Å². The summed E-state index contributed by atoms with van der Waals surface area (Å²) in [6, 6.07) is 4.70. The summed E-state index contributed by atoms with van der Waals surface area (Å²) in [7, 11) is 0. The van der Waals surface area contributed by atoms with Crippen molar-refractivity contribution in [2.45, 2.75) is 13.1 Å². The first-order chi connectivity index (χ1) is 7.26. The molecule has 0 saturated carbocycles. The van der Waals surface area contributed by atoms with Gasteiger partial charge in [0.25, 0.3) is 0 Å². The molecule has 0 spiro atoms. The largest absolute Gasteiger partial charge is 0.508 e. The first kappa shape index (κ1) is 10.7. The molecule has 0 aliphatic heterocycles. The van der Waals surface area contributed by atoms with Gasteiger partial charge in [0.1, 0.15) is 5.75 Å². The fourth-order valence-electron chi connectivity index (χ4n) is 1.15. The molecule has 0 heterocycles. The van der Waals surface area contributed by atoms with Gasteiger partial charge in [-0.3, -0.25) is 0 Å². The molecule has 7 nitrogen and oxygen atoms in total. The molecule has 0 bridgehead atoms. The molecular formula is C8H8N6O. The van der Waals surface area contributed by atoms with Crippen LogP contribution in [0.4, 0.5) is 0 Å². The van der Waals surface area contributed by atoms with Crippen LogP contribution in [-0.2, 0) is 13.1 Å². The number of aromatic hydroxyl groups is 1. The molecule has 0 aliphatic carbocycles. The summed E-state index contributed by atoms with van der Waals surface area (Å²) in [5.41, 5.74) is 17.6. The third-order valence-electron chi connectivity index (χ3n) is 1.67. The molecule has 76 valence electrons. The molecule has 0 aromatic heterocycles. The van der Waals surface area contributed by atoms with Crippen molar-refractivity contribution in [2.24, 2.45) is 10.2 Å². The summed E-state index contributed by atoms with van der Waals surface area (Å²) in [5.74, 6) is 0.0591. The maximum Gasteiger partial charge on any atom is 0.116 e. The smallest absolute Gasteiger partial charge is 0.116 e. The van der Waals surface area contributed by atoms with Crippen molar-refractivity contribution in [1.82, 2.24) is 0 Å². The van der Waals surface area contributed by atoms with Gasteiger partial charge < -0.3 is 5.11 Å². The SMILES string of the molecule is [N-]=[N+]=NCc1cc(O)cc(CN=[N+]=[N-])c1. The molecule has 0 unspecified atom stereocenters. The van der Waals surface area contributed by atoms with E-state index in [1.54, 1.807) is 6.07 Å². The molecule has 0 atom stereocenters. The predicted molar refractivity (Wildman–Crippen MR) is 53.8 cm³/mol. The minimum absolute atomic E-state index is 0.0591. The van der Waals surface area contributed by atoms with E-state index in [1.165, 1.54) is 12.1 Å². The van der Waals surface area contributed by atoms with Crippen molar-refractivity contribution in [3.8, 4) is 5.75 Å². The van der Waals surface area contributed by atoms with Gasteiger partial charge in [0.05, 0.1) is 13.1 Å². The fourth-order valence-corrected chi connectivity index (χ4v) is 1.15. The Kier molecular flexibility index (Phi) is 3.85. The normalized spacial score (nSPS) is 8.80. The lowest BCUT2D eigenvalue weighted by molar-refractivity contribution is 0.473. The number of hydrogen-bond donors (Lipinski definition) is 1. The molecule has 0 radical (unpaired) electrons. The van der Waals surface area contributed by atoms with E-state index in [-0.39, 0.29) is 18.8 Å². The summed E-state index contributed by atoms with van der Waals surface area (Å²) in [6.45, 7) is 0.322. The molecule has 7 heteroatoms. The lowest BCUT2D eigenvalue weighted by Gasteiger charge is -2.01. The molecule has 1 rings (SSSR count). The van der Waals surface area contributed by atoms with E-state index in [9.17, 15) is 5.11 Å². The van der Waals surface area contributed by atoms with E-state index in [1.807, 2.05) is 0 Å². The van der Waals surface area contributed by atoms with Crippen LogP contribution in [-0.4, -0.2) is 5.11 Å². The van der Waals surface area contributed by atoms with Gasteiger partial charge >= 0.3 is 0 Å². The van der Waals surface area contributed by atoms with Crippen LogP contribution in [0.3, 0.4) is 0 Å². The lowest BCUT2D eigenvalue weighted by Crippen LogP contribution is -1.86. The Bertz CT molecular complexity index is 406. The fraction of sp³-hybridized carbons (Fsp3) is 0.250. The first-order valence-electron chi connectivity index (χ1n) is 4.10. The highest BCUT2D eigenvalue weighted by molar-refractivity contribution is 5.33. The van der Waals surface area contributed by atoms with Crippen molar-refractivity contribution in [3.63, 3.8) is 0 Å². The van der Waals surface area contributed by atoms with Crippen molar-refractivity contribution in [2.75, 3.05) is 0 Å². The van der Waals surface area contributed by atoms with Crippen LogP contribution in [0.2, 0.25) is 0 Å². The summed E-state index contributed by atoms with van der Waals surface area (Å²) in [4.78, 5) is 5.23. The zero-order valence-electron chi connectivity index (χ0n) is 7.78. The lowest BCUT2D eigenvalue weighted by atomic mass is 10.1. The molecule has 1 N–H and O–H groups in total. The first-order valence-corrected chi connectivity index (χ1v) is 4.10. The van der Waals surface area contributed by atoms with Gasteiger partial charge in [-0.1, -0.05) is 16.3 Å². The van der Waals surface area contributed by atoms with Crippen LogP contribution < -0.4 is 0 Å². The van der Waals surface area contributed by atoms with E-state index >= 15 is 0 Å². The summed E-state index contributed by atoms with van der Waals surface area (Å²) in [5, 5.41) is 16.1. The van der Waals surface area contributed by atoms with E-state index < -0.39 is 0 Å². The van der Waals surface area contributed by atoms with Gasteiger partial charge in [0, 0.05) is 9.82 Å². The van der Waals surface area contributed by atoms with Crippen LogP contribution in [0.1, 0.15) is 11.1 Å². The molecule has 15 heavy (non-hydrogen) atoms. The highest BCUT2D eigenvalue weighted by Crippen LogP contribution is 2.17. The Morgan fingerprint density at radius 2 is 1.47 bits per heavy atom. The monoisotopic (exact) mass is 204 g/mol. The molecule has 1 aromatic rings. The number of azide groups is 2. The highest BCUT2D eigenvalue weighted by atomic mass is 16.3. The standard InChI is InChI=1S/C8H8N6O/c9-13-11-4-6-1-7(5-12-14-10)3-8(15)2-6/h1-3,15H,4-5H2. The van der Waals surface area contributed by atoms with Gasteiger partial charge in [-0.25, -0.2) is 0 Å². The second kappa shape index (κ2) is 5.39. The molecule has 0 amide bonds. The van der Waals surface area contributed by atoms with Crippen LogP contribution >= 0.6 is 0 Å². The third kappa shape index (κ3) is 3.48. The van der Waals surface area contributed by atoms with Gasteiger partial charge in [0.15, 0.2) is 0 Å². The number of nitrogens with zero attached hydrogens (tertiary/aromatic N) is 6. The molecular weight excluding hydrogens is 196 g/mol. The molecule has 0 aliphatic rings. The molecule has 0 saturated heterocycles. The van der Waals surface area contributed by atoms with Gasteiger partial charge in [0.2, 0.25) is 0 Å². The van der Waals surface area contributed by atoms with Crippen LogP contribution in [0.5, 0.6) is 5.75 Å². The quantitative estimate of drug-likeness (QED) is 0.452. The zero-order chi connectivity index (χ0) is 11.1. The Labute approximate surface area is 85.2 Å². The van der Waals surface area contributed by atoms with E-state index in [0.29, 0.717) is 11.1 Å². The van der Waals surface area contributed by atoms with E-state index in [0.717, 1.165) is 0 Å². The summed E-state index contributed by atoms with van der Waals surface area (Å²) in [6.07, 6.45) is 0. The maximum absolute atomic E-state index is 9.32. The van der Waals surface area contributed by atoms with Gasteiger partial charge in [-0.2, -0.15) is 0 Å². The average molecular weight is 204 g/mol. The van der Waals surface area contributed by atoms with Crippen molar-refractivity contribution < 1.29 is 5.11 Å². The zero-order valence-corrected chi connectivity index (χ0v) is 7.78. The van der Waals surface area contributed by atoms with E-state index in [2.05, 4.69) is 20.1 Å².